The van der Waals surface area contributed by atoms with Crippen LogP contribution in [-0.4, -0.2) is 50.9 Å². The molecule has 1 aliphatic rings. The molecule has 0 unspecified atom stereocenters. The zero-order valence-corrected chi connectivity index (χ0v) is 21.8. The molecule has 1 saturated heterocycles. The van der Waals surface area contributed by atoms with Crippen LogP contribution >= 0.6 is 23.8 Å². The van der Waals surface area contributed by atoms with Crippen molar-refractivity contribution >= 4 is 52.4 Å². The van der Waals surface area contributed by atoms with Crippen molar-refractivity contribution < 1.29 is 24.4 Å². The van der Waals surface area contributed by atoms with Gasteiger partial charge in [-0.3, -0.25) is 19.8 Å². The largest absolute Gasteiger partial charge is 0.477 e. The summed E-state index contributed by atoms with van der Waals surface area (Å²) in [5, 5.41) is 36.3. The van der Waals surface area contributed by atoms with E-state index in [1.165, 1.54) is 6.07 Å². The second kappa shape index (κ2) is 12.4. The average Bonchev–Trinajstić information content (AvgIpc) is 3.01. The fourth-order valence-corrected chi connectivity index (χ4v) is 4.60. The lowest BCUT2D eigenvalue weighted by molar-refractivity contribution is -0.385. The van der Waals surface area contributed by atoms with E-state index in [2.05, 4.69) is 16.7 Å². The molecule has 13 heteroatoms. The molecule has 1 fully saturated rings. The van der Waals surface area contributed by atoms with Gasteiger partial charge >= 0.3 is 12.0 Å². The zero-order valence-electron chi connectivity index (χ0n) is 20.3. The Morgan fingerprint density at radius 1 is 1.37 bits per heavy atom. The van der Waals surface area contributed by atoms with E-state index in [1.54, 1.807) is 18.2 Å². The van der Waals surface area contributed by atoms with Gasteiger partial charge in [0.25, 0.3) is 5.69 Å². The van der Waals surface area contributed by atoms with Gasteiger partial charge in [-0.2, -0.15) is 5.26 Å². The van der Waals surface area contributed by atoms with E-state index in [-0.39, 0.29) is 24.5 Å². The second-order valence-corrected chi connectivity index (χ2v) is 9.60. The number of hydrogen-bond acceptors (Lipinski definition) is 7. The van der Waals surface area contributed by atoms with Gasteiger partial charge < -0.3 is 15.7 Å². The van der Waals surface area contributed by atoms with E-state index in [1.807, 2.05) is 6.92 Å². The molecule has 2 aromatic rings. The molecule has 198 valence electrons. The number of carboxylic acids is 1. The average molecular weight is 558 g/mol. The summed E-state index contributed by atoms with van der Waals surface area (Å²) in [5.41, 5.74) is 0.174. The number of nitriles is 1. The molecule has 2 aromatic carbocycles. The summed E-state index contributed by atoms with van der Waals surface area (Å²) in [4.78, 5) is 50.1. The van der Waals surface area contributed by atoms with Gasteiger partial charge in [-0.05, 0) is 48.2 Å². The van der Waals surface area contributed by atoms with E-state index >= 15 is 0 Å². The van der Waals surface area contributed by atoms with Gasteiger partial charge in [-0.1, -0.05) is 43.2 Å². The number of hydrogen-bond donors (Lipinski definition) is 3. The minimum atomic E-state index is -1.44. The number of thiocarbonyl (C=S) groups is 1. The molecule has 3 rings (SSSR count). The first-order valence-electron chi connectivity index (χ1n) is 11.6. The van der Waals surface area contributed by atoms with Gasteiger partial charge in [0, 0.05) is 17.6 Å². The molecule has 11 nitrogen and oxygen atoms in total. The Hall–Kier alpha value is -4.08. The number of carbonyl (C=O) groups excluding carboxylic acids is 2. The first-order chi connectivity index (χ1) is 18.0. The highest BCUT2D eigenvalue weighted by Gasteiger charge is 2.34. The Bertz CT molecular complexity index is 1340. The smallest absolute Gasteiger partial charge is 0.342 e. The Morgan fingerprint density at radius 3 is 2.74 bits per heavy atom. The van der Waals surface area contributed by atoms with E-state index in [9.17, 15) is 34.9 Å². The third-order valence-corrected chi connectivity index (χ3v) is 6.60. The van der Waals surface area contributed by atoms with Crippen LogP contribution in [0.5, 0.6) is 0 Å². The number of nitro groups is 1. The van der Waals surface area contributed by atoms with E-state index in [0.29, 0.717) is 34.6 Å². The van der Waals surface area contributed by atoms with Crippen molar-refractivity contribution in [2.24, 2.45) is 5.92 Å². The second-order valence-electron chi connectivity index (χ2n) is 8.67. The van der Waals surface area contributed by atoms with Crippen LogP contribution in [0.2, 0.25) is 5.02 Å². The van der Waals surface area contributed by atoms with Gasteiger partial charge in [-0.15, -0.1) is 0 Å². The van der Waals surface area contributed by atoms with Gasteiger partial charge in [0.1, 0.15) is 5.56 Å². The Balaban J connectivity index is 1.88. The predicted molar refractivity (Wildman–Crippen MR) is 142 cm³/mol. The first-order valence-corrected chi connectivity index (χ1v) is 12.4. The zero-order chi connectivity index (χ0) is 28.0. The Labute approximate surface area is 228 Å². The van der Waals surface area contributed by atoms with Crippen molar-refractivity contribution in [3.05, 3.63) is 73.8 Å². The number of carboxylic acid groups (broad SMARTS) is 1. The van der Waals surface area contributed by atoms with Crippen LogP contribution in [0.1, 0.15) is 52.9 Å². The highest BCUT2D eigenvalue weighted by atomic mass is 35.5. The number of halogens is 1. The monoisotopic (exact) mass is 557 g/mol. The molecule has 2 atom stereocenters. The van der Waals surface area contributed by atoms with Crippen molar-refractivity contribution in [2.45, 2.75) is 32.2 Å². The molecule has 0 spiro atoms. The number of nitro benzene ring substituents is 1. The number of benzene rings is 2. The minimum Gasteiger partial charge on any atom is -0.477 e. The maximum atomic E-state index is 13.5. The lowest BCUT2D eigenvalue weighted by Gasteiger charge is -2.26. The fourth-order valence-electron chi connectivity index (χ4n) is 4.19. The first kappa shape index (κ1) is 28.5. The summed E-state index contributed by atoms with van der Waals surface area (Å²) in [5.74, 6) is -2.69. The topological polar surface area (TPSA) is 166 Å². The molecule has 0 radical (unpaired) electrons. The molecule has 0 aromatic heterocycles. The molecular weight excluding hydrogens is 534 g/mol. The molecule has 0 bridgehead atoms. The maximum Gasteiger partial charge on any atom is 0.342 e. The van der Waals surface area contributed by atoms with Crippen LogP contribution in [-0.2, 0) is 11.2 Å². The minimum absolute atomic E-state index is 0.142. The Morgan fingerprint density at radius 2 is 2.11 bits per heavy atom. The molecule has 1 heterocycles. The standard InChI is InChI=1S/C25H24ClN5O6S/c1-2-3-20(14-5-7-19(24(33)34)21(10-14)31(36)37)29-25(35)30-13-22(38)28-12-17(23(30)32)8-16-9-18(26)6-4-15(16)11-27/h4-7,9-10,17,20H,2-3,8,12-13H2,1H3,(H,28,38)(H,29,35)(H,33,34)/t17-,20+/m0/s1. The third-order valence-electron chi connectivity index (χ3n) is 6.09. The van der Waals surface area contributed by atoms with Crippen molar-refractivity contribution in [1.29, 1.82) is 5.26 Å². The molecule has 3 N–H and O–H groups in total. The van der Waals surface area contributed by atoms with Crippen molar-refractivity contribution in [2.75, 3.05) is 13.1 Å². The molecule has 1 aliphatic heterocycles. The Kier molecular flexibility index (Phi) is 9.33. The van der Waals surface area contributed by atoms with Gasteiger partial charge in [0.2, 0.25) is 5.91 Å². The summed E-state index contributed by atoms with van der Waals surface area (Å²) < 4.78 is 0. The summed E-state index contributed by atoms with van der Waals surface area (Å²) in [6, 6.07) is 8.97. The van der Waals surface area contributed by atoms with Crippen LogP contribution in [0, 0.1) is 27.4 Å². The number of urea groups is 1. The summed E-state index contributed by atoms with van der Waals surface area (Å²) >= 11 is 11.4. The molecule has 0 aliphatic carbocycles. The number of imide groups is 1. The number of nitrogens with zero attached hydrogens (tertiary/aromatic N) is 3. The maximum absolute atomic E-state index is 13.5. The van der Waals surface area contributed by atoms with Crippen molar-refractivity contribution in [3.63, 3.8) is 0 Å². The number of rotatable bonds is 8. The van der Waals surface area contributed by atoms with Crippen molar-refractivity contribution in [3.8, 4) is 6.07 Å². The van der Waals surface area contributed by atoms with Crippen LogP contribution in [0.3, 0.4) is 0 Å². The van der Waals surface area contributed by atoms with Gasteiger partial charge in [0.15, 0.2) is 0 Å². The lowest BCUT2D eigenvalue weighted by atomic mass is 9.95. The quantitative estimate of drug-likeness (QED) is 0.247. The number of aromatic carboxylic acids is 1. The van der Waals surface area contributed by atoms with Crippen LogP contribution in [0.15, 0.2) is 36.4 Å². The molecule has 38 heavy (non-hydrogen) atoms. The molecule has 3 amide bonds. The third kappa shape index (κ3) is 6.62. The number of carbonyl (C=O) groups is 3. The summed E-state index contributed by atoms with van der Waals surface area (Å²) in [6.07, 6.45) is 1.10. The predicted octanol–water partition coefficient (Wildman–Crippen LogP) is 3.99. The summed E-state index contributed by atoms with van der Waals surface area (Å²) in [7, 11) is 0. The number of amides is 3. The van der Waals surface area contributed by atoms with Gasteiger partial charge in [-0.25, -0.2) is 9.59 Å². The fraction of sp³-hybridized carbons (Fsp3) is 0.320. The van der Waals surface area contributed by atoms with E-state index in [0.717, 1.165) is 17.0 Å². The van der Waals surface area contributed by atoms with Crippen LogP contribution in [0.4, 0.5) is 10.5 Å². The molecule has 0 saturated carbocycles. The lowest BCUT2D eigenvalue weighted by Crippen LogP contribution is -2.48. The molecular formula is C25H24ClN5O6S. The van der Waals surface area contributed by atoms with Crippen LogP contribution in [0.25, 0.3) is 0 Å². The SMILES string of the molecule is CCC[C@@H](NC(=O)N1CC(=S)NC[C@H](Cc2cc(Cl)ccc2C#N)C1=O)c1ccc(C(=O)O)c([N+](=O)[O-])c1. The van der Waals surface area contributed by atoms with E-state index in [4.69, 9.17) is 23.8 Å². The highest BCUT2D eigenvalue weighted by molar-refractivity contribution is 7.80. The summed E-state index contributed by atoms with van der Waals surface area (Å²) in [6.45, 7) is 1.83. The normalized spacial score (nSPS) is 16.1. The van der Waals surface area contributed by atoms with E-state index < -0.39 is 46.0 Å². The van der Waals surface area contributed by atoms with Crippen LogP contribution < -0.4 is 10.6 Å². The number of nitrogens with one attached hydrogen (secondary N) is 2. The highest BCUT2D eigenvalue weighted by Crippen LogP contribution is 2.27. The van der Waals surface area contributed by atoms with Crippen molar-refractivity contribution in [1.82, 2.24) is 15.5 Å². The van der Waals surface area contributed by atoms with Gasteiger partial charge in [0.05, 0.1) is 40.0 Å².